The third-order valence-corrected chi connectivity index (χ3v) is 2.95. The van der Waals surface area contributed by atoms with Crippen LogP contribution in [0.15, 0.2) is 12.4 Å². The van der Waals surface area contributed by atoms with Crippen LogP contribution < -0.4 is 4.90 Å². The molecule has 1 aliphatic heterocycles. The Balaban J connectivity index is 2.16. The second kappa shape index (κ2) is 4.60. The van der Waals surface area contributed by atoms with Crippen molar-refractivity contribution < 1.29 is 0 Å². The number of hydrogen-bond donors (Lipinski definition) is 0. The Morgan fingerprint density at radius 3 is 2.53 bits per heavy atom. The van der Waals surface area contributed by atoms with Gasteiger partial charge in [0, 0.05) is 24.8 Å². The lowest BCUT2D eigenvalue weighted by molar-refractivity contribution is 0.572. The minimum Gasteiger partial charge on any atom is -0.357 e. The fraction of sp³-hybridized carbons (Fsp3) is 0.667. The molecule has 15 heavy (non-hydrogen) atoms. The molecule has 1 aromatic rings. The van der Waals surface area contributed by atoms with Gasteiger partial charge in [0.25, 0.3) is 0 Å². The fourth-order valence-electron chi connectivity index (χ4n) is 1.97. The van der Waals surface area contributed by atoms with Gasteiger partial charge in [-0.1, -0.05) is 13.8 Å². The van der Waals surface area contributed by atoms with Crippen LogP contribution in [-0.4, -0.2) is 23.1 Å². The summed E-state index contributed by atoms with van der Waals surface area (Å²) in [4.78, 5) is 11.0. The predicted octanol–water partition coefficient (Wildman–Crippen LogP) is 2.59. The van der Waals surface area contributed by atoms with Crippen molar-refractivity contribution in [2.45, 2.75) is 39.0 Å². The van der Waals surface area contributed by atoms with Gasteiger partial charge in [0.1, 0.15) is 12.1 Å². The molecule has 0 atom stereocenters. The highest BCUT2D eigenvalue weighted by Crippen LogP contribution is 2.20. The first-order chi connectivity index (χ1) is 7.27. The van der Waals surface area contributed by atoms with E-state index in [4.69, 9.17) is 0 Å². The Morgan fingerprint density at radius 1 is 1.13 bits per heavy atom. The molecule has 0 N–H and O–H groups in total. The molecule has 2 heterocycles. The molecule has 82 valence electrons. The van der Waals surface area contributed by atoms with E-state index < -0.39 is 0 Å². The van der Waals surface area contributed by atoms with Gasteiger partial charge in [0.2, 0.25) is 0 Å². The van der Waals surface area contributed by atoms with Crippen molar-refractivity contribution in [3.63, 3.8) is 0 Å². The van der Waals surface area contributed by atoms with Crippen LogP contribution in [0.1, 0.15) is 44.7 Å². The molecule has 0 saturated carbocycles. The van der Waals surface area contributed by atoms with Gasteiger partial charge in [-0.05, 0) is 25.2 Å². The molecule has 0 spiro atoms. The largest absolute Gasteiger partial charge is 0.357 e. The van der Waals surface area contributed by atoms with Crippen LogP contribution in [0.25, 0.3) is 0 Å². The van der Waals surface area contributed by atoms with E-state index in [0.29, 0.717) is 5.92 Å². The maximum absolute atomic E-state index is 4.36. The molecule has 1 aliphatic rings. The van der Waals surface area contributed by atoms with E-state index >= 15 is 0 Å². The monoisotopic (exact) mass is 205 g/mol. The smallest absolute Gasteiger partial charge is 0.132 e. The summed E-state index contributed by atoms with van der Waals surface area (Å²) < 4.78 is 0. The third kappa shape index (κ3) is 2.46. The van der Waals surface area contributed by atoms with Gasteiger partial charge in [0.05, 0.1) is 0 Å². The van der Waals surface area contributed by atoms with E-state index in [-0.39, 0.29) is 0 Å². The average Bonchev–Trinajstić information content (AvgIpc) is 2.30. The highest BCUT2D eigenvalue weighted by molar-refractivity contribution is 5.39. The van der Waals surface area contributed by atoms with E-state index in [1.807, 2.05) is 0 Å². The molecule has 3 heteroatoms. The zero-order valence-corrected chi connectivity index (χ0v) is 9.61. The summed E-state index contributed by atoms with van der Waals surface area (Å²) in [7, 11) is 0. The highest BCUT2D eigenvalue weighted by Gasteiger charge is 2.13. The first-order valence-corrected chi connectivity index (χ1v) is 5.84. The first-order valence-electron chi connectivity index (χ1n) is 5.84. The summed E-state index contributed by atoms with van der Waals surface area (Å²) in [6, 6.07) is 2.13. The second-order valence-corrected chi connectivity index (χ2v) is 4.50. The number of aromatic nitrogens is 2. The molecule has 0 amide bonds. The Hall–Kier alpha value is -1.12. The van der Waals surface area contributed by atoms with Crippen LogP contribution in [0, 0.1) is 0 Å². The lowest BCUT2D eigenvalue weighted by Gasteiger charge is -2.27. The third-order valence-electron chi connectivity index (χ3n) is 2.95. The summed E-state index contributed by atoms with van der Waals surface area (Å²) in [5.41, 5.74) is 1.14. The topological polar surface area (TPSA) is 29.0 Å². The summed E-state index contributed by atoms with van der Waals surface area (Å²) in [6.07, 6.45) is 5.64. The predicted molar refractivity (Wildman–Crippen MR) is 62.2 cm³/mol. The van der Waals surface area contributed by atoms with Crippen molar-refractivity contribution in [1.29, 1.82) is 0 Å². The molecule has 1 aromatic heterocycles. The molecule has 0 aromatic carbocycles. The van der Waals surface area contributed by atoms with Gasteiger partial charge >= 0.3 is 0 Å². The Bertz CT molecular complexity index is 316. The molecule has 3 nitrogen and oxygen atoms in total. The average molecular weight is 205 g/mol. The molecule has 0 unspecified atom stereocenters. The second-order valence-electron chi connectivity index (χ2n) is 4.50. The zero-order valence-electron chi connectivity index (χ0n) is 9.61. The van der Waals surface area contributed by atoms with Crippen LogP contribution in [0.5, 0.6) is 0 Å². The summed E-state index contributed by atoms with van der Waals surface area (Å²) in [5.74, 6) is 1.59. The Kier molecular flexibility index (Phi) is 3.19. The molecular formula is C12H19N3. The molecule has 0 radical (unpaired) electrons. The van der Waals surface area contributed by atoms with Gasteiger partial charge in [0.15, 0.2) is 0 Å². The van der Waals surface area contributed by atoms with Gasteiger partial charge in [-0.3, -0.25) is 0 Å². The van der Waals surface area contributed by atoms with Crippen LogP contribution >= 0.6 is 0 Å². The minimum absolute atomic E-state index is 0.483. The molecule has 1 fully saturated rings. The van der Waals surface area contributed by atoms with Crippen molar-refractivity contribution in [3.8, 4) is 0 Å². The maximum atomic E-state index is 4.36. The quantitative estimate of drug-likeness (QED) is 0.743. The van der Waals surface area contributed by atoms with Gasteiger partial charge < -0.3 is 4.90 Å². The number of nitrogens with zero attached hydrogens (tertiary/aromatic N) is 3. The maximum Gasteiger partial charge on any atom is 0.132 e. The SMILES string of the molecule is CC(C)c1cc(N2CCCCC2)ncn1. The Morgan fingerprint density at radius 2 is 1.87 bits per heavy atom. The Labute approximate surface area is 91.5 Å². The molecule has 0 bridgehead atoms. The summed E-state index contributed by atoms with van der Waals surface area (Å²) >= 11 is 0. The summed E-state index contributed by atoms with van der Waals surface area (Å²) in [5, 5.41) is 0. The van der Waals surface area contributed by atoms with E-state index in [1.54, 1.807) is 6.33 Å². The zero-order chi connectivity index (χ0) is 10.7. The van der Waals surface area contributed by atoms with Crippen LogP contribution in [0.3, 0.4) is 0 Å². The summed E-state index contributed by atoms with van der Waals surface area (Å²) in [6.45, 7) is 6.63. The van der Waals surface area contributed by atoms with Crippen molar-refractivity contribution in [2.75, 3.05) is 18.0 Å². The normalized spacial score (nSPS) is 17.1. The standard InChI is InChI=1S/C12H19N3/c1-10(2)11-8-12(14-9-13-11)15-6-4-3-5-7-15/h8-10H,3-7H2,1-2H3. The molecular weight excluding hydrogens is 186 g/mol. The molecule has 1 saturated heterocycles. The van der Waals surface area contributed by atoms with E-state index in [9.17, 15) is 0 Å². The van der Waals surface area contributed by atoms with E-state index in [2.05, 4.69) is 34.8 Å². The molecule has 2 rings (SSSR count). The number of anilines is 1. The number of rotatable bonds is 2. The van der Waals surface area contributed by atoms with Crippen molar-refractivity contribution in [1.82, 2.24) is 9.97 Å². The molecule has 0 aliphatic carbocycles. The van der Waals surface area contributed by atoms with Crippen LogP contribution in [-0.2, 0) is 0 Å². The van der Waals surface area contributed by atoms with Crippen molar-refractivity contribution in [2.24, 2.45) is 0 Å². The highest BCUT2D eigenvalue weighted by atomic mass is 15.2. The van der Waals surface area contributed by atoms with Crippen molar-refractivity contribution in [3.05, 3.63) is 18.1 Å². The minimum atomic E-state index is 0.483. The van der Waals surface area contributed by atoms with E-state index in [1.165, 1.54) is 19.3 Å². The first kappa shape index (κ1) is 10.4. The van der Waals surface area contributed by atoms with Gasteiger partial charge in [-0.2, -0.15) is 0 Å². The lowest BCUT2D eigenvalue weighted by Crippen LogP contribution is -2.30. The van der Waals surface area contributed by atoms with Gasteiger partial charge in [-0.25, -0.2) is 9.97 Å². The number of hydrogen-bond acceptors (Lipinski definition) is 3. The van der Waals surface area contributed by atoms with E-state index in [0.717, 1.165) is 24.6 Å². The number of piperidine rings is 1. The fourth-order valence-corrected chi connectivity index (χ4v) is 1.97. The van der Waals surface area contributed by atoms with Crippen molar-refractivity contribution >= 4 is 5.82 Å². The van der Waals surface area contributed by atoms with Crippen LogP contribution in [0.2, 0.25) is 0 Å². The lowest BCUT2D eigenvalue weighted by atomic mass is 10.1. The van der Waals surface area contributed by atoms with Gasteiger partial charge in [-0.15, -0.1) is 0 Å². The van der Waals surface area contributed by atoms with Crippen LogP contribution in [0.4, 0.5) is 5.82 Å².